The number of sulfonamides is 1. The van der Waals surface area contributed by atoms with Crippen molar-refractivity contribution < 1.29 is 17.9 Å². The van der Waals surface area contributed by atoms with Gasteiger partial charge in [0.05, 0.1) is 12.9 Å². The maximum Gasteiger partial charge on any atom is 0.342 e. The van der Waals surface area contributed by atoms with Gasteiger partial charge in [-0.05, 0) is 13.0 Å². The van der Waals surface area contributed by atoms with Crippen molar-refractivity contribution in [3.63, 3.8) is 0 Å². The van der Waals surface area contributed by atoms with Crippen molar-refractivity contribution in [2.24, 2.45) is 0 Å². The lowest BCUT2D eigenvalue weighted by Crippen LogP contribution is -2.28. The third-order valence-electron chi connectivity index (χ3n) is 2.04. The Labute approximate surface area is 110 Å². The summed E-state index contributed by atoms with van der Waals surface area (Å²) in [4.78, 5) is 11.7. The normalized spacial score (nSPS) is 11.1. The van der Waals surface area contributed by atoms with Crippen LogP contribution in [0, 0.1) is 0 Å². The molecule has 0 spiro atoms. The second kappa shape index (κ2) is 5.49. The van der Waals surface area contributed by atoms with E-state index in [1.165, 1.54) is 13.1 Å². The van der Waals surface area contributed by atoms with E-state index in [-0.39, 0.29) is 23.1 Å². The van der Waals surface area contributed by atoms with Crippen LogP contribution in [0.25, 0.3) is 0 Å². The van der Waals surface area contributed by atoms with Gasteiger partial charge in [0.15, 0.2) is 11.0 Å². The van der Waals surface area contributed by atoms with Crippen molar-refractivity contribution in [3.05, 3.63) is 16.8 Å². The minimum Gasteiger partial charge on any atom is -0.462 e. The molecule has 0 saturated heterocycles. The summed E-state index contributed by atoms with van der Waals surface area (Å²) in [6.07, 6.45) is 0.984. The zero-order chi connectivity index (χ0) is 13.9. The lowest BCUT2D eigenvalue weighted by Gasteiger charge is -2.17. The molecule has 1 aromatic rings. The van der Waals surface area contributed by atoms with Crippen molar-refractivity contribution in [3.8, 4) is 0 Å². The molecule has 0 fully saturated rings. The van der Waals surface area contributed by atoms with Crippen molar-refractivity contribution in [2.45, 2.75) is 6.92 Å². The van der Waals surface area contributed by atoms with Crippen molar-refractivity contribution in [1.82, 2.24) is 10.2 Å². The van der Waals surface area contributed by atoms with Gasteiger partial charge in [-0.2, -0.15) is 0 Å². The molecule has 9 heteroatoms. The summed E-state index contributed by atoms with van der Waals surface area (Å²) in [7, 11) is -2.30. The highest BCUT2D eigenvalue weighted by Crippen LogP contribution is 2.21. The number of rotatable bonds is 4. The summed E-state index contributed by atoms with van der Waals surface area (Å²) in [5.74, 6) is -0.833. The van der Waals surface area contributed by atoms with Crippen LogP contribution < -0.4 is 4.31 Å². The predicted octanol–water partition coefficient (Wildman–Crippen LogP) is 0.702. The summed E-state index contributed by atoms with van der Waals surface area (Å²) in [5, 5.41) is 7.11. The van der Waals surface area contributed by atoms with Crippen LogP contribution >= 0.6 is 11.6 Å². The third kappa shape index (κ3) is 3.30. The van der Waals surface area contributed by atoms with E-state index in [9.17, 15) is 13.2 Å². The van der Waals surface area contributed by atoms with Gasteiger partial charge >= 0.3 is 5.97 Å². The molecule has 0 aliphatic heterocycles. The fourth-order valence-electron chi connectivity index (χ4n) is 1.11. The minimum atomic E-state index is -3.56. The van der Waals surface area contributed by atoms with Crippen LogP contribution in [0.4, 0.5) is 5.82 Å². The Hall–Kier alpha value is -1.41. The maximum absolute atomic E-state index is 11.7. The molecule has 7 nitrogen and oxygen atoms in total. The van der Waals surface area contributed by atoms with E-state index in [1.54, 1.807) is 6.92 Å². The van der Waals surface area contributed by atoms with E-state index in [1.807, 2.05) is 0 Å². The highest BCUT2D eigenvalue weighted by Gasteiger charge is 2.23. The molecule has 0 aliphatic carbocycles. The summed E-state index contributed by atoms with van der Waals surface area (Å²) >= 11 is 5.63. The van der Waals surface area contributed by atoms with Gasteiger partial charge in [-0.1, -0.05) is 11.6 Å². The predicted molar refractivity (Wildman–Crippen MR) is 66.2 cm³/mol. The molecule has 1 rings (SSSR count). The Balaban J connectivity index is 3.32. The Morgan fingerprint density at radius 1 is 1.50 bits per heavy atom. The number of nitrogens with zero attached hydrogens (tertiary/aromatic N) is 3. The summed E-state index contributed by atoms with van der Waals surface area (Å²) in [6.45, 7) is 1.79. The van der Waals surface area contributed by atoms with Gasteiger partial charge in [-0.15, -0.1) is 10.2 Å². The number of carbonyl (C=O) groups is 1. The molecular weight excluding hydrogens is 282 g/mol. The molecule has 18 heavy (non-hydrogen) atoms. The molecule has 0 aliphatic rings. The molecule has 0 unspecified atom stereocenters. The number of hydrogen-bond acceptors (Lipinski definition) is 6. The van der Waals surface area contributed by atoms with Crippen LogP contribution in [0.5, 0.6) is 0 Å². The molecule has 0 amide bonds. The lowest BCUT2D eigenvalue weighted by atomic mass is 10.3. The number of hydrogen-bond donors (Lipinski definition) is 0. The summed E-state index contributed by atoms with van der Waals surface area (Å²) < 4.78 is 28.5. The second-order valence-electron chi connectivity index (χ2n) is 3.36. The van der Waals surface area contributed by atoms with Crippen molar-refractivity contribution in [2.75, 3.05) is 24.2 Å². The average Bonchev–Trinajstić information content (AvgIpc) is 2.27. The zero-order valence-corrected chi connectivity index (χ0v) is 11.6. The van der Waals surface area contributed by atoms with Gasteiger partial charge in [-0.3, -0.25) is 4.31 Å². The largest absolute Gasteiger partial charge is 0.462 e. The first-order valence-corrected chi connectivity index (χ1v) is 7.14. The van der Waals surface area contributed by atoms with Crippen LogP contribution in [0.15, 0.2) is 6.07 Å². The monoisotopic (exact) mass is 293 g/mol. The highest BCUT2D eigenvalue weighted by molar-refractivity contribution is 7.92. The first kappa shape index (κ1) is 14.7. The molecule has 0 saturated carbocycles. The van der Waals surface area contributed by atoms with Gasteiger partial charge < -0.3 is 4.74 Å². The molecule has 0 N–H and O–H groups in total. The quantitative estimate of drug-likeness (QED) is 0.759. The average molecular weight is 294 g/mol. The van der Waals surface area contributed by atoms with Crippen molar-refractivity contribution in [1.29, 1.82) is 0 Å². The van der Waals surface area contributed by atoms with Gasteiger partial charge in [0.1, 0.15) is 5.56 Å². The number of halogens is 1. The van der Waals surface area contributed by atoms with E-state index >= 15 is 0 Å². The summed E-state index contributed by atoms with van der Waals surface area (Å²) in [5.41, 5.74) is -0.0511. The molecule has 0 bridgehead atoms. The highest BCUT2D eigenvalue weighted by atomic mass is 35.5. The van der Waals surface area contributed by atoms with Crippen LogP contribution in [-0.4, -0.2) is 44.5 Å². The lowest BCUT2D eigenvalue weighted by molar-refractivity contribution is 0.0526. The van der Waals surface area contributed by atoms with Gasteiger partial charge in [0, 0.05) is 7.05 Å². The van der Waals surface area contributed by atoms with E-state index in [2.05, 4.69) is 10.2 Å². The van der Waals surface area contributed by atoms with Crippen LogP contribution in [-0.2, 0) is 14.8 Å². The molecule has 1 heterocycles. The Morgan fingerprint density at radius 2 is 2.11 bits per heavy atom. The second-order valence-corrected chi connectivity index (χ2v) is 5.76. The zero-order valence-electron chi connectivity index (χ0n) is 10.0. The van der Waals surface area contributed by atoms with Crippen LogP contribution in [0.3, 0.4) is 0 Å². The number of esters is 1. The SMILES string of the molecule is CCOC(=O)c1cc(Cl)nnc1N(C)S(C)(=O)=O. The molecule has 0 aromatic carbocycles. The Bertz CT molecular complexity index is 561. The molecule has 0 radical (unpaired) electrons. The van der Waals surface area contributed by atoms with Gasteiger partial charge in [-0.25, -0.2) is 13.2 Å². The Kier molecular flexibility index (Phi) is 4.47. The molecule has 1 aromatic heterocycles. The summed E-state index contributed by atoms with van der Waals surface area (Å²) in [6, 6.07) is 1.21. The molecule has 0 atom stereocenters. The molecule has 100 valence electrons. The minimum absolute atomic E-state index is 0.0243. The number of aromatic nitrogens is 2. The Morgan fingerprint density at radius 3 is 2.61 bits per heavy atom. The smallest absolute Gasteiger partial charge is 0.342 e. The van der Waals surface area contributed by atoms with E-state index < -0.39 is 16.0 Å². The van der Waals surface area contributed by atoms with E-state index in [0.29, 0.717) is 0 Å². The number of ether oxygens (including phenoxy) is 1. The first-order chi connectivity index (χ1) is 8.27. The van der Waals surface area contributed by atoms with Gasteiger partial charge in [0.25, 0.3) is 0 Å². The maximum atomic E-state index is 11.7. The topological polar surface area (TPSA) is 89.5 Å². The van der Waals surface area contributed by atoms with Crippen LogP contribution in [0.2, 0.25) is 5.15 Å². The number of anilines is 1. The number of carbonyl (C=O) groups excluding carboxylic acids is 1. The standard InChI is InChI=1S/C9H12ClN3O4S/c1-4-17-9(14)6-5-7(10)11-12-8(6)13(2)18(3,15)16/h5H,4H2,1-3H3. The van der Waals surface area contributed by atoms with E-state index in [0.717, 1.165) is 10.6 Å². The van der Waals surface area contributed by atoms with Gasteiger partial charge in [0.2, 0.25) is 10.0 Å². The van der Waals surface area contributed by atoms with Crippen molar-refractivity contribution >= 4 is 33.4 Å². The third-order valence-corrected chi connectivity index (χ3v) is 3.39. The van der Waals surface area contributed by atoms with E-state index in [4.69, 9.17) is 16.3 Å². The fourth-order valence-corrected chi connectivity index (χ4v) is 1.71. The fraction of sp³-hybridized carbons (Fsp3) is 0.444. The molecular formula is C9H12ClN3O4S. The first-order valence-electron chi connectivity index (χ1n) is 4.91. The van der Waals surface area contributed by atoms with Crippen LogP contribution in [0.1, 0.15) is 17.3 Å².